The number of hydrogen-bond acceptors (Lipinski definition) is 3. The largest absolute Gasteiger partial charge is 0.269 e. The summed E-state index contributed by atoms with van der Waals surface area (Å²) in [7, 11) is 0. The zero-order valence-corrected chi connectivity index (χ0v) is 14.3. The summed E-state index contributed by atoms with van der Waals surface area (Å²) >= 11 is 0. The van der Waals surface area contributed by atoms with Crippen LogP contribution in [0.4, 0.5) is 8.78 Å². The number of benzene rings is 1. The summed E-state index contributed by atoms with van der Waals surface area (Å²) in [4.78, 5) is 21.1. The molecule has 0 unspecified atom stereocenters. The lowest BCUT2D eigenvalue weighted by Crippen LogP contribution is -2.15. The zero-order valence-electron chi connectivity index (χ0n) is 14.3. The number of rotatable bonds is 4. The van der Waals surface area contributed by atoms with Gasteiger partial charge in [-0.25, -0.2) is 13.8 Å². The van der Waals surface area contributed by atoms with Crippen LogP contribution in [-0.4, -0.2) is 14.4 Å². The number of aryl methyl sites for hydroxylation is 2. The second-order valence-corrected chi connectivity index (χ2v) is 6.18. The number of fused-ring (bicyclic) bond motifs is 1. The molecule has 0 bridgehead atoms. The van der Waals surface area contributed by atoms with E-state index in [9.17, 15) is 13.6 Å². The predicted molar refractivity (Wildman–Crippen MR) is 98.5 cm³/mol. The van der Waals surface area contributed by atoms with E-state index < -0.39 is 11.6 Å². The van der Waals surface area contributed by atoms with E-state index >= 15 is 0 Å². The minimum Gasteiger partial charge on any atom is -0.269 e. The van der Waals surface area contributed by atoms with Gasteiger partial charge in [0.25, 0.3) is 5.56 Å². The smallest absolute Gasteiger partial charge is 0.258 e. The van der Waals surface area contributed by atoms with Crippen LogP contribution in [0.5, 0.6) is 0 Å². The molecule has 0 radical (unpaired) electrons. The van der Waals surface area contributed by atoms with Gasteiger partial charge in [0.15, 0.2) is 0 Å². The normalized spacial score (nSPS) is 11.0. The minimum atomic E-state index is -0.600. The molecule has 27 heavy (non-hydrogen) atoms. The van der Waals surface area contributed by atoms with Crippen molar-refractivity contribution in [3.63, 3.8) is 0 Å². The number of hydrogen-bond donors (Lipinski definition) is 0. The highest BCUT2D eigenvalue weighted by atomic mass is 19.1. The SMILES string of the molecule is O=c1cc(-c2ccncc2)nc2c(CCc3ccc(F)cc3F)cccn12. The van der Waals surface area contributed by atoms with Gasteiger partial charge in [-0.3, -0.25) is 14.2 Å². The van der Waals surface area contributed by atoms with Crippen molar-refractivity contribution in [1.82, 2.24) is 14.4 Å². The second kappa shape index (κ2) is 7.07. The molecule has 3 aromatic heterocycles. The molecule has 0 N–H and O–H groups in total. The maximum Gasteiger partial charge on any atom is 0.258 e. The molecule has 0 amide bonds. The molecule has 4 rings (SSSR count). The van der Waals surface area contributed by atoms with Crippen molar-refractivity contribution in [2.45, 2.75) is 12.8 Å². The number of pyridine rings is 2. The Kier molecular flexibility index (Phi) is 4.46. The topological polar surface area (TPSA) is 47.3 Å². The van der Waals surface area contributed by atoms with Crippen LogP contribution < -0.4 is 5.56 Å². The van der Waals surface area contributed by atoms with E-state index in [-0.39, 0.29) is 5.56 Å². The van der Waals surface area contributed by atoms with Crippen LogP contribution in [0, 0.1) is 11.6 Å². The Balaban J connectivity index is 1.74. The van der Waals surface area contributed by atoms with E-state index in [1.807, 2.05) is 6.07 Å². The lowest BCUT2D eigenvalue weighted by molar-refractivity contribution is 0.571. The van der Waals surface area contributed by atoms with Gasteiger partial charge in [0.05, 0.1) is 5.69 Å². The first kappa shape index (κ1) is 17.0. The highest BCUT2D eigenvalue weighted by Crippen LogP contribution is 2.18. The van der Waals surface area contributed by atoms with Gasteiger partial charge in [0, 0.05) is 36.3 Å². The fraction of sp³-hybridized carbons (Fsp3) is 0.0952. The Morgan fingerprint density at radius 3 is 2.48 bits per heavy atom. The first-order valence-corrected chi connectivity index (χ1v) is 8.47. The average molecular weight is 363 g/mol. The molecule has 0 aliphatic rings. The molecule has 6 heteroatoms. The van der Waals surface area contributed by atoms with Gasteiger partial charge in [-0.2, -0.15) is 0 Å². The fourth-order valence-corrected chi connectivity index (χ4v) is 3.04. The number of halogens is 2. The summed E-state index contributed by atoms with van der Waals surface area (Å²) in [5.74, 6) is -1.17. The van der Waals surface area contributed by atoms with Gasteiger partial charge in [-0.05, 0) is 48.2 Å². The highest BCUT2D eigenvalue weighted by Gasteiger charge is 2.10. The van der Waals surface area contributed by atoms with E-state index in [0.717, 1.165) is 17.2 Å². The average Bonchev–Trinajstić information content (AvgIpc) is 2.68. The number of nitrogens with zero attached hydrogens (tertiary/aromatic N) is 3. The Labute approximate surface area is 153 Å². The van der Waals surface area contributed by atoms with Crippen LogP contribution in [0.1, 0.15) is 11.1 Å². The molecular formula is C21H15F2N3O. The summed E-state index contributed by atoms with van der Waals surface area (Å²) in [6.45, 7) is 0. The van der Waals surface area contributed by atoms with E-state index in [1.54, 1.807) is 36.8 Å². The molecule has 4 nitrogen and oxygen atoms in total. The minimum absolute atomic E-state index is 0.193. The van der Waals surface area contributed by atoms with Gasteiger partial charge >= 0.3 is 0 Å². The lowest BCUT2D eigenvalue weighted by Gasteiger charge is -2.09. The molecule has 0 saturated carbocycles. The molecule has 0 atom stereocenters. The maximum atomic E-state index is 13.9. The molecule has 0 spiro atoms. The van der Waals surface area contributed by atoms with Gasteiger partial charge in [0.1, 0.15) is 17.3 Å². The summed E-state index contributed by atoms with van der Waals surface area (Å²) < 4.78 is 28.4. The predicted octanol–water partition coefficient (Wildman–Crippen LogP) is 3.82. The van der Waals surface area contributed by atoms with Crippen molar-refractivity contribution in [2.24, 2.45) is 0 Å². The molecule has 0 aliphatic heterocycles. The van der Waals surface area contributed by atoms with Gasteiger partial charge in [0.2, 0.25) is 0 Å². The molecule has 134 valence electrons. The van der Waals surface area contributed by atoms with Crippen molar-refractivity contribution in [3.05, 3.63) is 100 Å². The molecule has 0 fully saturated rings. The third kappa shape index (κ3) is 3.46. The van der Waals surface area contributed by atoms with E-state index in [4.69, 9.17) is 0 Å². The quantitative estimate of drug-likeness (QED) is 0.554. The molecule has 0 saturated heterocycles. The van der Waals surface area contributed by atoms with Crippen LogP contribution in [0.15, 0.2) is 71.9 Å². The van der Waals surface area contributed by atoms with E-state index in [2.05, 4.69) is 9.97 Å². The highest BCUT2D eigenvalue weighted by molar-refractivity contribution is 5.62. The lowest BCUT2D eigenvalue weighted by atomic mass is 10.0. The van der Waals surface area contributed by atoms with Crippen LogP contribution in [0.3, 0.4) is 0 Å². The van der Waals surface area contributed by atoms with Crippen molar-refractivity contribution in [3.8, 4) is 11.3 Å². The maximum absolute atomic E-state index is 13.9. The van der Waals surface area contributed by atoms with Crippen LogP contribution in [0.25, 0.3) is 16.9 Å². The van der Waals surface area contributed by atoms with Crippen LogP contribution in [0.2, 0.25) is 0 Å². The number of aromatic nitrogens is 3. The Hall–Kier alpha value is -3.41. The van der Waals surface area contributed by atoms with Gasteiger partial charge in [-0.1, -0.05) is 12.1 Å². The Morgan fingerprint density at radius 2 is 1.70 bits per heavy atom. The third-order valence-corrected chi connectivity index (χ3v) is 4.43. The van der Waals surface area contributed by atoms with Crippen molar-refractivity contribution >= 4 is 5.65 Å². The van der Waals surface area contributed by atoms with Gasteiger partial charge < -0.3 is 0 Å². The molecule has 3 heterocycles. The Morgan fingerprint density at radius 1 is 0.926 bits per heavy atom. The first-order valence-electron chi connectivity index (χ1n) is 8.47. The van der Waals surface area contributed by atoms with Crippen LogP contribution >= 0.6 is 0 Å². The molecular weight excluding hydrogens is 348 g/mol. The van der Waals surface area contributed by atoms with Crippen molar-refractivity contribution < 1.29 is 8.78 Å². The van der Waals surface area contributed by atoms with E-state index in [1.165, 1.54) is 22.6 Å². The summed E-state index contributed by atoms with van der Waals surface area (Å²) in [5, 5.41) is 0. The molecule has 4 aromatic rings. The summed E-state index contributed by atoms with van der Waals surface area (Å²) in [5.41, 5.74) is 2.92. The molecule has 0 aliphatic carbocycles. The Bertz CT molecular complexity index is 1170. The van der Waals surface area contributed by atoms with Gasteiger partial charge in [-0.15, -0.1) is 0 Å². The molecule has 1 aromatic carbocycles. The van der Waals surface area contributed by atoms with Crippen LogP contribution in [-0.2, 0) is 12.8 Å². The third-order valence-electron chi connectivity index (χ3n) is 4.43. The van der Waals surface area contributed by atoms with Crippen molar-refractivity contribution in [2.75, 3.05) is 0 Å². The first-order chi connectivity index (χ1) is 13.1. The second-order valence-electron chi connectivity index (χ2n) is 6.18. The summed E-state index contributed by atoms with van der Waals surface area (Å²) in [6, 6.07) is 12.2. The summed E-state index contributed by atoms with van der Waals surface area (Å²) in [6.07, 6.45) is 5.79. The fourth-order valence-electron chi connectivity index (χ4n) is 3.04. The zero-order chi connectivity index (χ0) is 18.8. The standard InChI is InChI=1S/C21H15F2N3O/c22-17-6-5-14(18(23)12-17)3-4-16-2-1-11-26-20(27)13-19(25-21(16)26)15-7-9-24-10-8-15/h1-2,5-13H,3-4H2. The van der Waals surface area contributed by atoms with Crippen molar-refractivity contribution in [1.29, 1.82) is 0 Å². The van der Waals surface area contributed by atoms with E-state index in [0.29, 0.717) is 29.7 Å². The monoisotopic (exact) mass is 363 g/mol.